The van der Waals surface area contributed by atoms with E-state index in [2.05, 4.69) is 34.9 Å². The molecule has 0 radical (unpaired) electrons. The second-order valence-corrected chi connectivity index (χ2v) is 4.94. The van der Waals surface area contributed by atoms with Gasteiger partial charge in [-0.3, -0.25) is 0 Å². The minimum absolute atomic E-state index is 0.970. The maximum Gasteiger partial charge on any atom is 0.00597 e. The zero-order valence-corrected chi connectivity index (χ0v) is 9.81. The van der Waals surface area contributed by atoms with Gasteiger partial charge in [0.25, 0.3) is 0 Å². The van der Waals surface area contributed by atoms with Crippen molar-refractivity contribution in [1.29, 1.82) is 0 Å². The van der Waals surface area contributed by atoms with Gasteiger partial charge in [0.2, 0.25) is 0 Å². The zero-order chi connectivity index (χ0) is 8.97. The molecular weight excluding hydrogens is 214 g/mol. The number of hydrogen-bond donors (Lipinski definition) is 0. The van der Waals surface area contributed by atoms with Crippen molar-refractivity contribution >= 4 is 15.9 Å². The highest BCUT2D eigenvalue weighted by molar-refractivity contribution is 9.09. The molecule has 1 rings (SSSR count). The molecule has 0 amide bonds. The standard InChI is InChI=1S/C10H20BrN/c1-12(2)6-5-9-3-4-10(7-9)8-11/h9-10H,3-8H2,1-2H3. The lowest BCUT2D eigenvalue weighted by Gasteiger charge is -2.13. The molecule has 0 saturated heterocycles. The van der Waals surface area contributed by atoms with Gasteiger partial charge in [-0.15, -0.1) is 0 Å². The largest absolute Gasteiger partial charge is 0.309 e. The molecule has 1 fully saturated rings. The molecule has 2 heteroatoms. The summed E-state index contributed by atoms with van der Waals surface area (Å²) in [5.74, 6) is 1.98. The molecule has 1 aliphatic rings. The molecule has 0 aromatic carbocycles. The molecule has 0 spiro atoms. The Kier molecular flexibility index (Phi) is 4.59. The highest BCUT2D eigenvalue weighted by Crippen LogP contribution is 2.33. The van der Waals surface area contributed by atoms with Crippen LogP contribution in [0.1, 0.15) is 25.7 Å². The van der Waals surface area contributed by atoms with Crippen LogP contribution >= 0.6 is 15.9 Å². The first-order chi connectivity index (χ1) is 5.72. The van der Waals surface area contributed by atoms with Crippen molar-refractivity contribution in [3.63, 3.8) is 0 Å². The van der Waals surface area contributed by atoms with E-state index in [0.29, 0.717) is 0 Å². The van der Waals surface area contributed by atoms with Crippen LogP contribution in [0.3, 0.4) is 0 Å². The summed E-state index contributed by atoms with van der Waals surface area (Å²) in [5.41, 5.74) is 0. The second-order valence-electron chi connectivity index (χ2n) is 4.29. The van der Waals surface area contributed by atoms with Crippen LogP contribution in [0.25, 0.3) is 0 Å². The summed E-state index contributed by atoms with van der Waals surface area (Å²) in [6, 6.07) is 0. The van der Waals surface area contributed by atoms with Crippen LogP contribution in [-0.4, -0.2) is 30.9 Å². The topological polar surface area (TPSA) is 3.24 Å². The minimum Gasteiger partial charge on any atom is -0.309 e. The molecule has 72 valence electrons. The molecular formula is C10H20BrN. The molecule has 0 aromatic heterocycles. The lowest BCUT2D eigenvalue weighted by atomic mass is 10.0. The fourth-order valence-electron chi connectivity index (χ4n) is 2.02. The fraction of sp³-hybridized carbons (Fsp3) is 1.00. The summed E-state index contributed by atoms with van der Waals surface area (Å²) in [5, 5.41) is 1.21. The third-order valence-electron chi connectivity index (χ3n) is 2.85. The van der Waals surface area contributed by atoms with E-state index in [-0.39, 0.29) is 0 Å². The predicted octanol–water partition coefficient (Wildman–Crippen LogP) is 2.75. The maximum absolute atomic E-state index is 3.57. The van der Waals surface area contributed by atoms with Crippen LogP contribution in [0, 0.1) is 11.8 Å². The lowest BCUT2D eigenvalue weighted by Crippen LogP contribution is -2.15. The van der Waals surface area contributed by atoms with Crippen molar-refractivity contribution < 1.29 is 0 Å². The number of alkyl halides is 1. The molecule has 2 atom stereocenters. The molecule has 0 bridgehead atoms. The molecule has 1 nitrogen and oxygen atoms in total. The van der Waals surface area contributed by atoms with Crippen molar-refractivity contribution in [2.75, 3.05) is 26.0 Å². The van der Waals surface area contributed by atoms with E-state index in [1.807, 2.05) is 0 Å². The Morgan fingerprint density at radius 2 is 1.92 bits per heavy atom. The first-order valence-electron chi connectivity index (χ1n) is 4.93. The third kappa shape index (κ3) is 3.44. The molecule has 0 heterocycles. The van der Waals surface area contributed by atoms with Gasteiger partial charge in [-0.05, 0) is 51.7 Å². The van der Waals surface area contributed by atoms with Crippen LogP contribution in [-0.2, 0) is 0 Å². The van der Waals surface area contributed by atoms with Gasteiger partial charge in [0.1, 0.15) is 0 Å². The average molecular weight is 234 g/mol. The second kappa shape index (κ2) is 5.23. The molecule has 2 unspecified atom stereocenters. The zero-order valence-electron chi connectivity index (χ0n) is 8.22. The Bertz CT molecular complexity index is 125. The number of halogens is 1. The van der Waals surface area contributed by atoms with Crippen LogP contribution in [0.15, 0.2) is 0 Å². The van der Waals surface area contributed by atoms with Gasteiger partial charge in [-0.2, -0.15) is 0 Å². The van der Waals surface area contributed by atoms with Gasteiger partial charge in [-0.1, -0.05) is 22.4 Å². The monoisotopic (exact) mass is 233 g/mol. The summed E-state index contributed by atoms with van der Waals surface area (Å²) >= 11 is 3.57. The van der Waals surface area contributed by atoms with Crippen molar-refractivity contribution in [2.45, 2.75) is 25.7 Å². The van der Waals surface area contributed by atoms with Gasteiger partial charge >= 0.3 is 0 Å². The van der Waals surface area contributed by atoms with Gasteiger partial charge in [0.15, 0.2) is 0 Å². The smallest absolute Gasteiger partial charge is 0.00597 e. The summed E-state index contributed by atoms with van der Waals surface area (Å²) in [6.07, 6.45) is 5.77. The van der Waals surface area contributed by atoms with Crippen LogP contribution in [0.4, 0.5) is 0 Å². The lowest BCUT2D eigenvalue weighted by molar-refractivity contribution is 0.349. The minimum atomic E-state index is 0.970. The van der Waals surface area contributed by atoms with Crippen LogP contribution in [0.2, 0.25) is 0 Å². The summed E-state index contributed by atoms with van der Waals surface area (Å²) in [7, 11) is 4.33. The highest BCUT2D eigenvalue weighted by Gasteiger charge is 2.23. The molecule has 1 saturated carbocycles. The Morgan fingerprint density at radius 3 is 2.42 bits per heavy atom. The van der Waals surface area contributed by atoms with E-state index in [0.717, 1.165) is 11.8 Å². The molecule has 0 aliphatic heterocycles. The van der Waals surface area contributed by atoms with E-state index >= 15 is 0 Å². The fourth-order valence-corrected chi connectivity index (χ4v) is 2.61. The van der Waals surface area contributed by atoms with E-state index in [4.69, 9.17) is 0 Å². The van der Waals surface area contributed by atoms with E-state index in [9.17, 15) is 0 Å². The van der Waals surface area contributed by atoms with Gasteiger partial charge in [-0.25, -0.2) is 0 Å². The number of rotatable bonds is 4. The summed E-state index contributed by atoms with van der Waals surface area (Å²) < 4.78 is 0. The van der Waals surface area contributed by atoms with E-state index < -0.39 is 0 Å². The highest BCUT2D eigenvalue weighted by atomic mass is 79.9. The Hall–Kier alpha value is 0.440. The predicted molar refractivity (Wildman–Crippen MR) is 57.8 cm³/mol. The van der Waals surface area contributed by atoms with Crippen LogP contribution < -0.4 is 0 Å². The molecule has 0 N–H and O–H groups in total. The molecule has 12 heavy (non-hydrogen) atoms. The normalized spacial score (nSPS) is 30.0. The van der Waals surface area contributed by atoms with Crippen molar-refractivity contribution in [3.8, 4) is 0 Å². The van der Waals surface area contributed by atoms with Crippen molar-refractivity contribution in [3.05, 3.63) is 0 Å². The van der Waals surface area contributed by atoms with Gasteiger partial charge in [0, 0.05) is 5.33 Å². The maximum atomic E-state index is 3.57. The average Bonchev–Trinajstić information content (AvgIpc) is 2.48. The first-order valence-corrected chi connectivity index (χ1v) is 6.05. The van der Waals surface area contributed by atoms with Gasteiger partial charge in [0.05, 0.1) is 0 Å². The van der Waals surface area contributed by atoms with Crippen molar-refractivity contribution in [1.82, 2.24) is 4.90 Å². The van der Waals surface area contributed by atoms with E-state index in [1.165, 1.54) is 37.6 Å². The summed E-state index contributed by atoms with van der Waals surface area (Å²) in [6.45, 7) is 1.26. The molecule has 1 aliphatic carbocycles. The van der Waals surface area contributed by atoms with Gasteiger partial charge < -0.3 is 4.90 Å². The number of nitrogens with zero attached hydrogens (tertiary/aromatic N) is 1. The SMILES string of the molecule is CN(C)CCC1CCC(CBr)C1. The van der Waals surface area contributed by atoms with E-state index in [1.54, 1.807) is 0 Å². The quantitative estimate of drug-likeness (QED) is 0.676. The first kappa shape index (κ1) is 10.5. The Morgan fingerprint density at radius 1 is 1.25 bits per heavy atom. The summed E-state index contributed by atoms with van der Waals surface area (Å²) in [4.78, 5) is 2.29. The molecule has 0 aromatic rings. The van der Waals surface area contributed by atoms with Crippen LogP contribution in [0.5, 0.6) is 0 Å². The Balaban J connectivity index is 2.11. The number of hydrogen-bond acceptors (Lipinski definition) is 1. The van der Waals surface area contributed by atoms with Crippen molar-refractivity contribution in [2.24, 2.45) is 11.8 Å². The third-order valence-corrected chi connectivity index (χ3v) is 3.77. The Labute approximate surface area is 84.6 Å².